The van der Waals surface area contributed by atoms with Crippen LogP contribution in [-0.4, -0.2) is 42.3 Å². The van der Waals surface area contributed by atoms with E-state index in [1.165, 1.54) is 6.07 Å². The highest BCUT2D eigenvalue weighted by Crippen LogP contribution is 2.39. The molecule has 1 aromatic carbocycles. The van der Waals surface area contributed by atoms with Gasteiger partial charge in [0, 0.05) is 13.1 Å². The Balaban J connectivity index is 2.28. The Hall–Kier alpha value is -1.82. The molecule has 1 unspecified atom stereocenters. The predicted molar refractivity (Wildman–Crippen MR) is 115 cm³/mol. The molecule has 0 spiro atoms. The van der Waals surface area contributed by atoms with Gasteiger partial charge in [0.15, 0.2) is 0 Å². The Kier molecular flexibility index (Phi) is 8.14. The minimum atomic E-state index is -0.675. The van der Waals surface area contributed by atoms with E-state index < -0.39 is 23.3 Å². The summed E-state index contributed by atoms with van der Waals surface area (Å²) in [5.41, 5.74) is 0.686. The van der Waals surface area contributed by atoms with E-state index in [2.05, 4.69) is 0 Å². The molecule has 0 radical (unpaired) electrons. The van der Waals surface area contributed by atoms with Crippen LogP contribution >= 0.6 is 11.6 Å². The first kappa shape index (κ1) is 24.4. The maximum absolute atomic E-state index is 14.5. The molecule has 0 N–H and O–H groups in total. The number of benzene rings is 1. The number of ether oxygens (including phenoxy) is 2. The Morgan fingerprint density at radius 2 is 1.83 bits per heavy atom. The number of carbonyl (C=O) groups excluding carboxylic acids is 2. The molecule has 1 aliphatic heterocycles. The van der Waals surface area contributed by atoms with Gasteiger partial charge < -0.3 is 14.4 Å². The molecule has 0 saturated carbocycles. The number of hydrogen-bond acceptors (Lipinski definition) is 4. The second-order valence-electron chi connectivity index (χ2n) is 9.10. The molecule has 1 aliphatic rings. The summed E-state index contributed by atoms with van der Waals surface area (Å²) in [6.45, 7) is 12.3. The summed E-state index contributed by atoms with van der Waals surface area (Å²) in [5.74, 6) is -1.63. The lowest BCUT2D eigenvalue weighted by Gasteiger charge is -2.36. The van der Waals surface area contributed by atoms with Crippen molar-refractivity contribution in [1.82, 2.24) is 4.90 Å². The Labute approximate surface area is 183 Å². The minimum absolute atomic E-state index is 0.0352. The quantitative estimate of drug-likeness (QED) is 0.534. The van der Waals surface area contributed by atoms with Crippen LogP contribution in [0.2, 0.25) is 5.02 Å². The third-order valence-corrected chi connectivity index (χ3v) is 5.68. The summed E-state index contributed by atoms with van der Waals surface area (Å²) < 4.78 is 25.3. The lowest BCUT2D eigenvalue weighted by atomic mass is 9.79. The molecule has 1 fully saturated rings. The number of nitrogens with zero attached hydrogens (tertiary/aromatic N) is 1. The van der Waals surface area contributed by atoms with Gasteiger partial charge in [-0.3, -0.25) is 4.79 Å². The Morgan fingerprint density at radius 3 is 2.33 bits per heavy atom. The summed E-state index contributed by atoms with van der Waals surface area (Å²) in [5, 5.41) is -0.0352. The van der Waals surface area contributed by atoms with E-state index in [1.807, 2.05) is 40.7 Å². The van der Waals surface area contributed by atoms with Crippen LogP contribution in [0.25, 0.3) is 0 Å². The molecule has 7 heteroatoms. The van der Waals surface area contributed by atoms with E-state index >= 15 is 0 Å². The average molecular weight is 442 g/mol. The lowest BCUT2D eigenvalue weighted by molar-refractivity contribution is -0.146. The van der Waals surface area contributed by atoms with Crippen molar-refractivity contribution in [3.05, 3.63) is 34.1 Å². The van der Waals surface area contributed by atoms with Crippen LogP contribution in [0.1, 0.15) is 77.3 Å². The van der Waals surface area contributed by atoms with Gasteiger partial charge in [-0.05, 0) is 69.6 Å². The third kappa shape index (κ3) is 6.10. The van der Waals surface area contributed by atoms with E-state index in [9.17, 15) is 14.0 Å². The van der Waals surface area contributed by atoms with E-state index in [4.69, 9.17) is 21.1 Å². The maximum Gasteiger partial charge on any atom is 0.410 e. The fourth-order valence-electron chi connectivity index (χ4n) is 3.74. The molecule has 2 rings (SSSR count). The SMILES string of the molecule is CCOC(=O)C(c1cc(C(C)C)cc(F)c1Cl)C1CCN(C(=O)OC(C)(C)C)CC1. The molecule has 0 aromatic heterocycles. The van der Waals surface area contributed by atoms with Gasteiger partial charge in [-0.15, -0.1) is 0 Å². The fraction of sp³-hybridized carbons (Fsp3) is 0.652. The molecule has 1 aromatic rings. The molecule has 5 nitrogen and oxygen atoms in total. The summed E-state index contributed by atoms with van der Waals surface area (Å²) >= 11 is 6.31. The number of likely N-dealkylation sites (tertiary alicyclic amines) is 1. The molecule has 0 aliphatic carbocycles. The van der Waals surface area contributed by atoms with Crippen LogP contribution in [0.5, 0.6) is 0 Å². The predicted octanol–water partition coefficient (Wildman–Crippen LogP) is 5.90. The largest absolute Gasteiger partial charge is 0.466 e. The molecule has 1 atom stereocenters. The van der Waals surface area contributed by atoms with Crippen molar-refractivity contribution in [3.63, 3.8) is 0 Å². The first-order chi connectivity index (χ1) is 13.9. The number of hydrogen-bond donors (Lipinski definition) is 0. The fourth-order valence-corrected chi connectivity index (χ4v) is 3.97. The number of piperidine rings is 1. The third-order valence-electron chi connectivity index (χ3n) is 5.28. The van der Waals surface area contributed by atoms with Crippen LogP contribution in [-0.2, 0) is 14.3 Å². The second kappa shape index (κ2) is 9.99. The zero-order valence-electron chi connectivity index (χ0n) is 18.8. The van der Waals surface area contributed by atoms with Crippen molar-refractivity contribution in [2.45, 2.75) is 71.8 Å². The monoisotopic (exact) mass is 441 g/mol. The summed E-state index contributed by atoms with van der Waals surface area (Å²) in [4.78, 5) is 26.9. The van der Waals surface area contributed by atoms with Crippen molar-refractivity contribution < 1.29 is 23.5 Å². The molecule has 30 heavy (non-hydrogen) atoms. The van der Waals surface area contributed by atoms with Gasteiger partial charge in [-0.1, -0.05) is 31.5 Å². The molecule has 1 saturated heterocycles. The van der Waals surface area contributed by atoms with Crippen LogP contribution in [0.4, 0.5) is 9.18 Å². The summed E-state index contributed by atoms with van der Waals surface area (Å²) in [6.07, 6.45) is 0.790. The molecule has 168 valence electrons. The van der Waals surface area contributed by atoms with E-state index in [1.54, 1.807) is 11.8 Å². The van der Waals surface area contributed by atoms with Crippen molar-refractivity contribution in [1.29, 1.82) is 0 Å². The van der Waals surface area contributed by atoms with Gasteiger partial charge in [-0.2, -0.15) is 0 Å². The highest BCUT2D eigenvalue weighted by Gasteiger charge is 2.37. The summed E-state index contributed by atoms with van der Waals surface area (Å²) in [6, 6.07) is 3.24. The topological polar surface area (TPSA) is 55.8 Å². The van der Waals surface area contributed by atoms with Crippen LogP contribution in [0.3, 0.4) is 0 Å². The standard InChI is InChI=1S/C23H33ClFNO4/c1-7-29-21(27)19(17-12-16(14(2)3)13-18(25)20(17)24)15-8-10-26(11-9-15)22(28)30-23(4,5)6/h12-15,19H,7-11H2,1-6H3. The highest BCUT2D eigenvalue weighted by molar-refractivity contribution is 6.31. The molecule has 1 amide bonds. The first-order valence-electron chi connectivity index (χ1n) is 10.6. The van der Waals surface area contributed by atoms with E-state index in [-0.39, 0.29) is 29.6 Å². The minimum Gasteiger partial charge on any atom is -0.466 e. The smallest absolute Gasteiger partial charge is 0.410 e. The highest BCUT2D eigenvalue weighted by atomic mass is 35.5. The number of rotatable bonds is 5. The van der Waals surface area contributed by atoms with Gasteiger partial charge in [0.2, 0.25) is 0 Å². The maximum atomic E-state index is 14.5. The Morgan fingerprint density at radius 1 is 1.23 bits per heavy atom. The molecule has 1 heterocycles. The molecular weight excluding hydrogens is 409 g/mol. The van der Waals surface area contributed by atoms with Crippen molar-refractivity contribution in [2.24, 2.45) is 5.92 Å². The number of halogens is 2. The molecular formula is C23H33ClFNO4. The summed E-state index contributed by atoms with van der Waals surface area (Å²) in [7, 11) is 0. The number of carbonyl (C=O) groups is 2. The van der Waals surface area contributed by atoms with Gasteiger partial charge in [-0.25, -0.2) is 9.18 Å². The average Bonchev–Trinajstić information content (AvgIpc) is 2.64. The van der Waals surface area contributed by atoms with Crippen LogP contribution in [0.15, 0.2) is 12.1 Å². The van der Waals surface area contributed by atoms with E-state index in [0.717, 1.165) is 5.56 Å². The van der Waals surface area contributed by atoms with Gasteiger partial charge in [0.1, 0.15) is 11.4 Å². The van der Waals surface area contributed by atoms with Gasteiger partial charge >= 0.3 is 12.1 Å². The van der Waals surface area contributed by atoms with Crippen molar-refractivity contribution in [3.8, 4) is 0 Å². The first-order valence-corrected chi connectivity index (χ1v) is 11.0. The normalized spacial score (nSPS) is 16.5. The van der Waals surface area contributed by atoms with Crippen LogP contribution in [0, 0.1) is 11.7 Å². The van der Waals surface area contributed by atoms with Gasteiger partial charge in [0.05, 0.1) is 17.5 Å². The second-order valence-corrected chi connectivity index (χ2v) is 9.47. The van der Waals surface area contributed by atoms with Gasteiger partial charge in [0.25, 0.3) is 0 Å². The van der Waals surface area contributed by atoms with Crippen molar-refractivity contribution in [2.75, 3.05) is 19.7 Å². The zero-order valence-corrected chi connectivity index (χ0v) is 19.5. The Bertz CT molecular complexity index is 767. The van der Waals surface area contributed by atoms with E-state index in [0.29, 0.717) is 31.5 Å². The molecule has 0 bridgehead atoms. The lowest BCUT2D eigenvalue weighted by Crippen LogP contribution is -2.43. The van der Waals surface area contributed by atoms with Crippen LogP contribution < -0.4 is 0 Å². The zero-order chi connectivity index (χ0) is 22.6. The number of esters is 1. The number of amides is 1. The van der Waals surface area contributed by atoms with Crippen molar-refractivity contribution >= 4 is 23.7 Å².